The molecule has 4 nitrogen and oxygen atoms in total. The second-order valence-electron chi connectivity index (χ2n) is 7.01. The number of ketones is 1. The van der Waals surface area contributed by atoms with Crippen molar-refractivity contribution in [2.75, 3.05) is 0 Å². The number of hydrogen-bond donors (Lipinski definition) is 0. The van der Waals surface area contributed by atoms with Crippen LogP contribution in [0.15, 0.2) is 60.9 Å². The summed E-state index contributed by atoms with van der Waals surface area (Å²) in [7, 11) is 0. The number of carbonyl (C=O) groups is 1. The maximum atomic E-state index is 13.3. The van der Waals surface area contributed by atoms with Gasteiger partial charge in [0, 0.05) is 23.2 Å². The molecule has 0 aliphatic heterocycles. The summed E-state index contributed by atoms with van der Waals surface area (Å²) in [4.78, 5) is 17.5. The monoisotopic (exact) mass is 391 g/mol. The van der Waals surface area contributed by atoms with Crippen molar-refractivity contribution in [1.29, 1.82) is 0 Å². The summed E-state index contributed by atoms with van der Waals surface area (Å²) in [5.74, 6) is -0.152. The first-order chi connectivity index (χ1) is 13.6. The Hall–Kier alpha value is -3.05. The highest BCUT2D eigenvalue weighted by Crippen LogP contribution is 2.34. The van der Waals surface area contributed by atoms with Gasteiger partial charge in [0.15, 0.2) is 11.4 Å². The van der Waals surface area contributed by atoms with Gasteiger partial charge < -0.3 is 0 Å². The van der Waals surface area contributed by atoms with Crippen molar-refractivity contribution >= 4 is 23.0 Å². The number of rotatable bonds is 2. The van der Waals surface area contributed by atoms with Gasteiger partial charge in [0.1, 0.15) is 5.82 Å². The fraction of sp³-hybridized carbons (Fsp3) is 0.136. The van der Waals surface area contributed by atoms with Crippen molar-refractivity contribution in [2.45, 2.75) is 18.8 Å². The molecule has 0 saturated heterocycles. The normalized spacial score (nSPS) is 16.4. The lowest BCUT2D eigenvalue weighted by atomic mass is 9.82. The summed E-state index contributed by atoms with van der Waals surface area (Å²) >= 11 is 5.99. The first kappa shape index (κ1) is 17.1. The van der Waals surface area contributed by atoms with Crippen LogP contribution < -0.4 is 0 Å². The van der Waals surface area contributed by atoms with Gasteiger partial charge >= 0.3 is 0 Å². The Balaban J connectivity index is 1.58. The molecule has 0 N–H and O–H groups in total. The molecule has 4 aromatic rings. The molecule has 1 unspecified atom stereocenters. The predicted octanol–water partition coefficient (Wildman–Crippen LogP) is 5.10. The first-order valence-corrected chi connectivity index (χ1v) is 9.38. The summed E-state index contributed by atoms with van der Waals surface area (Å²) in [5, 5.41) is 5.02. The molecule has 0 radical (unpaired) electrons. The van der Waals surface area contributed by atoms with E-state index in [0.717, 1.165) is 22.4 Å². The van der Waals surface area contributed by atoms with E-state index in [0.29, 0.717) is 29.1 Å². The van der Waals surface area contributed by atoms with Crippen LogP contribution in [0.1, 0.15) is 34.0 Å². The fourth-order valence-electron chi connectivity index (χ4n) is 3.78. The number of hydrogen-bond acceptors (Lipinski definition) is 3. The molecule has 0 fully saturated rings. The molecule has 0 saturated carbocycles. The highest BCUT2D eigenvalue weighted by Gasteiger charge is 2.28. The minimum atomic E-state index is -0.290. The van der Waals surface area contributed by atoms with Crippen LogP contribution in [0.4, 0.5) is 4.39 Å². The number of halogens is 2. The lowest BCUT2D eigenvalue weighted by Gasteiger charge is -2.23. The van der Waals surface area contributed by atoms with E-state index in [1.165, 1.54) is 12.1 Å². The number of nitrogens with zero attached hydrogens (tertiary/aromatic N) is 3. The molecule has 1 atom stereocenters. The topological polar surface area (TPSA) is 47.3 Å². The van der Waals surface area contributed by atoms with Gasteiger partial charge in [-0.15, -0.1) is 0 Å². The Labute approximate surface area is 165 Å². The molecule has 28 heavy (non-hydrogen) atoms. The number of fused-ring (bicyclic) bond motifs is 2. The third kappa shape index (κ3) is 2.88. The van der Waals surface area contributed by atoms with Crippen molar-refractivity contribution in [3.63, 3.8) is 0 Å². The highest BCUT2D eigenvalue weighted by atomic mass is 35.5. The van der Waals surface area contributed by atoms with E-state index in [2.05, 4.69) is 5.10 Å². The highest BCUT2D eigenvalue weighted by molar-refractivity contribution is 6.30. The second-order valence-corrected chi connectivity index (χ2v) is 7.45. The minimum absolute atomic E-state index is 0.0643. The van der Waals surface area contributed by atoms with Gasteiger partial charge in [-0.05, 0) is 47.7 Å². The van der Waals surface area contributed by atoms with Crippen LogP contribution in [-0.4, -0.2) is 20.4 Å². The van der Waals surface area contributed by atoms with Crippen molar-refractivity contribution in [2.24, 2.45) is 0 Å². The van der Waals surface area contributed by atoms with E-state index >= 15 is 0 Å². The number of aromatic nitrogens is 3. The molecule has 0 amide bonds. The number of benzene rings is 2. The smallest absolute Gasteiger partial charge is 0.166 e. The van der Waals surface area contributed by atoms with Crippen molar-refractivity contribution in [3.05, 3.63) is 88.6 Å². The van der Waals surface area contributed by atoms with Crippen molar-refractivity contribution in [3.8, 4) is 11.1 Å². The van der Waals surface area contributed by atoms with E-state index in [-0.39, 0.29) is 17.5 Å². The van der Waals surface area contributed by atoms with Gasteiger partial charge in [-0.2, -0.15) is 5.10 Å². The van der Waals surface area contributed by atoms with Gasteiger partial charge in [0.05, 0.1) is 17.5 Å². The molecular weight excluding hydrogens is 377 g/mol. The van der Waals surface area contributed by atoms with Crippen LogP contribution in [0.5, 0.6) is 0 Å². The van der Waals surface area contributed by atoms with Crippen molar-refractivity contribution in [1.82, 2.24) is 14.6 Å². The van der Waals surface area contributed by atoms with Crippen LogP contribution in [-0.2, 0) is 6.42 Å². The maximum Gasteiger partial charge on any atom is 0.166 e. The predicted molar refractivity (Wildman–Crippen MR) is 105 cm³/mol. The molecule has 1 aliphatic carbocycles. The lowest BCUT2D eigenvalue weighted by molar-refractivity contribution is 0.0962. The zero-order valence-electron chi connectivity index (χ0n) is 14.8. The zero-order chi connectivity index (χ0) is 19.3. The summed E-state index contributed by atoms with van der Waals surface area (Å²) in [5.41, 5.74) is 4.77. The third-order valence-corrected chi connectivity index (χ3v) is 5.49. The van der Waals surface area contributed by atoms with Crippen LogP contribution >= 0.6 is 11.6 Å². The fourth-order valence-corrected chi connectivity index (χ4v) is 3.90. The number of Topliss-reactive ketones (excluding diaryl/α,β-unsaturated/α-hetero) is 1. The maximum absolute atomic E-state index is 13.3. The zero-order valence-corrected chi connectivity index (χ0v) is 15.5. The Morgan fingerprint density at radius 3 is 2.50 bits per heavy atom. The summed E-state index contributed by atoms with van der Waals surface area (Å²) in [6.07, 6.45) is 4.56. The van der Waals surface area contributed by atoms with E-state index in [1.807, 2.05) is 24.3 Å². The molecule has 2 aromatic heterocycles. The minimum Gasteiger partial charge on any atom is -0.294 e. The quantitative estimate of drug-likeness (QED) is 0.477. The van der Waals surface area contributed by atoms with Gasteiger partial charge in [-0.3, -0.25) is 4.79 Å². The van der Waals surface area contributed by atoms with Crippen LogP contribution in [0.2, 0.25) is 5.02 Å². The SMILES string of the molecule is O=C1CC(c2ccc(Cl)cc2)Cc2nc3c(-c4ccc(F)cc4)cnn3cc21. The standard InChI is InChI=1S/C22H15ClFN3O/c23-16-5-1-13(2-6-16)15-9-20-19(21(28)10-15)12-27-22(26-20)18(11-25-27)14-3-7-17(24)8-4-14/h1-8,11-12,15H,9-10H2. The average molecular weight is 392 g/mol. The summed E-state index contributed by atoms with van der Waals surface area (Å²) in [6, 6.07) is 13.9. The van der Waals surface area contributed by atoms with Crippen LogP contribution in [0.3, 0.4) is 0 Å². The van der Waals surface area contributed by atoms with Gasteiger partial charge in [0.2, 0.25) is 0 Å². The molecule has 2 aromatic carbocycles. The average Bonchev–Trinajstić information content (AvgIpc) is 3.10. The molecule has 5 rings (SSSR count). The van der Waals surface area contributed by atoms with Crippen LogP contribution in [0, 0.1) is 5.82 Å². The largest absolute Gasteiger partial charge is 0.294 e. The summed E-state index contributed by atoms with van der Waals surface area (Å²) in [6.45, 7) is 0. The van der Waals surface area contributed by atoms with Gasteiger partial charge in [0.25, 0.3) is 0 Å². The second kappa shape index (κ2) is 6.53. The molecule has 0 spiro atoms. The van der Waals surface area contributed by atoms with E-state index in [4.69, 9.17) is 16.6 Å². The first-order valence-electron chi connectivity index (χ1n) is 9.00. The van der Waals surface area contributed by atoms with Crippen LogP contribution in [0.25, 0.3) is 16.8 Å². The van der Waals surface area contributed by atoms with E-state index < -0.39 is 0 Å². The molecule has 6 heteroatoms. The third-order valence-electron chi connectivity index (χ3n) is 5.24. The Morgan fingerprint density at radius 2 is 1.75 bits per heavy atom. The molecule has 0 bridgehead atoms. The van der Waals surface area contributed by atoms with E-state index in [9.17, 15) is 9.18 Å². The molecule has 1 aliphatic rings. The van der Waals surface area contributed by atoms with Crippen molar-refractivity contribution < 1.29 is 9.18 Å². The Morgan fingerprint density at radius 1 is 1.00 bits per heavy atom. The summed E-state index contributed by atoms with van der Waals surface area (Å²) < 4.78 is 14.9. The molecule has 138 valence electrons. The lowest BCUT2D eigenvalue weighted by Crippen LogP contribution is -2.21. The molecule has 2 heterocycles. The Kier molecular flexibility index (Phi) is 3.98. The Bertz CT molecular complexity index is 1200. The van der Waals surface area contributed by atoms with Gasteiger partial charge in [-0.25, -0.2) is 13.9 Å². The molecular formula is C22H15ClFN3O. The van der Waals surface area contributed by atoms with E-state index in [1.54, 1.807) is 29.0 Å². The number of carbonyl (C=O) groups excluding carboxylic acids is 1. The van der Waals surface area contributed by atoms with Gasteiger partial charge in [-0.1, -0.05) is 35.9 Å².